The van der Waals surface area contributed by atoms with Crippen molar-refractivity contribution in [1.29, 1.82) is 0 Å². The van der Waals surface area contributed by atoms with E-state index >= 15 is 0 Å². The van der Waals surface area contributed by atoms with Crippen molar-refractivity contribution < 1.29 is 0 Å². The highest BCUT2D eigenvalue weighted by molar-refractivity contribution is 7.82. The molecular weight excluding hydrogens is 68.1 g/mol. The van der Waals surface area contributed by atoms with Crippen molar-refractivity contribution in [3.63, 3.8) is 0 Å². The zero-order valence-electron chi connectivity index (χ0n) is 2.14. The quantitative estimate of drug-likeness (QED) is 0.286. The van der Waals surface area contributed by atoms with Gasteiger partial charge in [-0.05, 0) is 0 Å². The van der Waals surface area contributed by atoms with Crippen LogP contribution in [0.15, 0.2) is 11.5 Å². The minimum atomic E-state index is 1.73. The molecule has 0 nitrogen and oxygen atoms in total. The summed E-state index contributed by atoms with van der Waals surface area (Å²) in [5.41, 5.74) is 0. The molecule has 1 aliphatic heterocycles. The Hall–Kier alpha value is -0.170. The second-order valence-corrected chi connectivity index (χ2v) is 1.42. The van der Waals surface area contributed by atoms with Crippen molar-refractivity contribution in [1.82, 2.24) is 0 Å². The largest absolute Gasteiger partial charge is 0.211 e. The smallest absolute Gasteiger partial charge is 0.0533 e. The number of rotatable bonds is 0. The van der Waals surface area contributed by atoms with Crippen LogP contribution in [0, 0.1) is 0 Å². The van der Waals surface area contributed by atoms with E-state index in [1.165, 1.54) is 0 Å². The molecule has 0 saturated carbocycles. The number of allylic oxidation sites excluding steroid dienone is 1. The van der Waals surface area contributed by atoms with Gasteiger partial charge in [0, 0.05) is 0 Å². The van der Waals surface area contributed by atoms with E-state index in [4.69, 9.17) is 0 Å². The average molecular weight is 71.1 g/mol. The summed E-state index contributed by atoms with van der Waals surface area (Å²) in [6, 6.07) is 0. The molecule has 0 aromatic rings. The van der Waals surface area contributed by atoms with Gasteiger partial charge in [-0.1, -0.05) is 0 Å². The minimum absolute atomic E-state index is 1.73. The van der Waals surface area contributed by atoms with Gasteiger partial charge in [0.25, 0.3) is 0 Å². The topological polar surface area (TPSA) is 0 Å². The first-order valence-electron chi connectivity index (χ1n) is 1.14. The highest BCUT2D eigenvalue weighted by atomic mass is 32.1. The van der Waals surface area contributed by atoms with E-state index in [-0.39, 0.29) is 0 Å². The molecule has 0 radical (unpaired) electrons. The summed E-state index contributed by atoms with van der Waals surface area (Å²) in [5, 5.41) is 4.08. The second kappa shape index (κ2) is 0.646. The predicted molar refractivity (Wildman–Crippen MR) is 22.6 cm³/mol. The molecule has 0 aliphatic carbocycles. The highest BCUT2D eigenvalue weighted by Crippen LogP contribution is 1.73. The van der Waals surface area contributed by atoms with Crippen molar-refractivity contribution in [3.05, 3.63) is 11.5 Å². The Labute approximate surface area is 29.1 Å². The molecule has 0 saturated heterocycles. The molecule has 0 aromatic heterocycles. The van der Waals surface area contributed by atoms with Crippen LogP contribution in [-0.2, 0) is 11.4 Å². The maximum Gasteiger partial charge on any atom is 0.211 e. The third kappa shape index (κ3) is 0.0859. The standard InChI is InChI=1S/C3H3S/c1-2-4-3-1/h1-3H/q+1. The molecule has 20 valence electrons. The number of hydrogen-bond donors (Lipinski definition) is 0. The summed E-state index contributed by atoms with van der Waals surface area (Å²) in [7, 11) is 0. The SMILES string of the molecule is C1=C[S+]=C1. The van der Waals surface area contributed by atoms with Crippen molar-refractivity contribution in [2.45, 2.75) is 0 Å². The predicted octanol–water partition coefficient (Wildman–Crippen LogP) is 0.398. The van der Waals surface area contributed by atoms with E-state index in [0.717, 1.165) is 0 Å². The van der Waals surface area contributed by atoms with E-state index in [2.05, 4.69) is 0 Å². The van der Waals surface area contributed by atoms with Crippen molar-refractivity contribution in [2.24, 2.45) is 0 Å². The van der Waals surface area contributed by atoms with Crippen LogP contribution >= 0.6 is 0 Å². The van der Waals surface area contributed by atoms with E-state index in [9.17, 15) is 0 Å². The fraction of sp³-hybridized carbons (Fsp3) is 0. The molecular formula is C3H3S+. The molecule has 0 amide bonds. The van der Waals surface area contributed by atoms with Crippen LogP contribution in [0.5, 0.6) is 0 Å². The number of hydrogen-bond acceptors (Lipinski definition) is 0. The van der Waals surface area contributed by atoms with Gasteiger partial charge >= 0.3 is 0 Å². The fourth-order valence-electron chi connectivity index (χ4n) is 0.0786. The molecule has 0 aromatic carbocycles. The molecule has 1 aliphatic rings. The Morgan fingerprint density at radius 3 is 1.75 bits per heavy atom. The zero-order valence-corrected chi connectivity index (χ0v) is 2.96. The summed E-state index contributed by atoms with van der Waals surface area (Å²) in [6.07, 6.45) is 2.02. The fourth-order valence-corrected chi connectivity index (χ4v) is 0.236. The lowest BCUT2D eigenvalue weighted by Crippen LogP contribution is -1.72. The van der Waals surface area contributed by atoms with Crippen LogP contribution in [0.2, 0.25) is 0 Å². The summed E-state index contributed by atoms with van der Waals surface area (Å²) in [5.74, 6) is 0. The highest BCUT2D eigenvalue weighted by Gasteiger charge is 1.88. The summed E-state index contributed by atoms with van der Waals surface area (Å²) in [6.45, 7) is 0. The minimum Gasteiger partial charge on any atom is 0.0533 e. The van der Waals surface area contributed by atoms with Crippen molar-refractivity contribution in [2.75, 3.05) is 0 Å². The summed E-state index contributed by atoms with van der Waals surface area (Å²) >= 11 is 1.73. The van der Waals surface area contributed by atoms with Crippen molar-refractivity contribution in [3.8, 4) is 0 Å². The van der Waals surface area contributed by atoms with Crippen LogP contribution in [0.3, 0.4) is 0 Å². The third-order valence-electron chi connectivity index (χ3n) is 0.314. The van der Waals surface area contributed by atoms with E-state index in [1.807, 2.05) is 16.9 Å². The summed E-state index contributed by atoms with van der Waals surface area (Å²) in [4.78, 5) is 0. The third-order valence-corrected chi connectivity index (χ3v) is 0.943. The van der Waals surface area contributed by atoms with Gasteiger partial charge in [-0.3, -0.25) is 0 Å². The molecule has 0 unspecified atom stereocenters. The molecule has 0 N–H and O–H groups in total. The monoisotopic (exact) mass is 71.0 g/mol. The first-order valence-corrected chi connectivity index (χ1v) is 2.08. The van der Waals surface area contributed by atoms with E-state index < -0.39 is 0 Å². The van der Waals surface area contributed by atoms with Gasteiger partial charge in [0.1, 0.15) is 0 Å². The maximum atomic E-state index is 2.04. The Morgan fingerprint density at radius 1 is 1.50 bits per heavy atom. The Bertz CT molecular complexity index is 43.7. The van der Waals surface area contributed by atoms with E-state index in [0.29, 0.717) is 0 Å². The van der Waals surface area contributed by atoms with Crippen LogP contribution in [-0.4, -0.2) is 5.37 Å². The first-order chi connectivity index (χ1) is 2.00. The second-order valence-electron chi connectivity index (χ2n) is 0.601. The van der Waals surface area contributed by atoms with Gasteiger partial charge in [0.15, 0.2) is 0 Å². The molecule has 0 fully saturated rings. The van der Waals surface area contributed by atoms with E-state index in [1.54, 1.807) is 11.4 Å². The van der Waals surface area contributed by atoms with Gasteiger partial charge in [-0.2, -0.15) is 0 Å². The van der Waals surface area contributed by atoms with Gasteiger partial charge in [-0.25, -0.2) is 0 Å². The summed E-state index contributed by atoms with van der Waals surface area (Å²) < 4.78 is 0. The molecule has 1 rings (SSSR count). The first kappa shape index (κ1) is 2.09. The molecule has 0 spiro atoms. The lowest BCUT2D eigenvalue weighted by atomic mass is 10.8. The molecule has 1 heterocycles. The lowest BCUT2D eigenvalue weighted by molar-refractivity contribution is 2.43. The van der Waals surface area contributed by atoms with Crippen LogP contribution < -0.4 is 0 Å². The van der Waals surface area contributed by atoms with Gasteiger partial charge < -0.3 is 0 Å². The Kier molecular flexibility index (Phi) is 0.338. The normalized spacial score (nSPS) is 16.0. The maximum absolute atomic E-state index is 2.04. The van der Waals surface area contributed by atoms with Crippen LogP contribution in [0.25, 0.3) is 0 Å². The molecule has 0 bridgehead atoms. The molecule has 0 atom stereocenters. The van der Waals surface area contributed by atoms with Crippen molar-refractivity contribution >= 4 is 16.7 Å². The van der Waals surface area contributed by atoms with Crippen LogP contribution in [0.4, 0.5) is 0 Å². The van der Waals surface area contributed by atoms with Crippen LogP contribution in [0.1, 0.15) is 0 Å². The molecule has 4 heavy (non-hydrogen) atoms. The zero-order chi connectivity index (χ0) is 2.83. The average Bonchev–Trinajstić information content (AvgIpc) is 0.722. The lowest BCUT2D eigenvalue weighted by Gasteiger charge is -1.54. The molecule has 1 heteroatoms. The van der Waals surface area contributed by atoms with Gasteiger partial charge in [0.05, 0.1) is 6.08 Å². The Balaban J connectivity index is 2.67. The van der Waals surface area contributed by atoms with Gasteiger partial charge in [0.2, 0.25) is 22.1 Å². The Morgan fingerprint density at radius 2 is 1.75 bits per heavy atom. The van der Waals surface area contributed by atoms with Gasteiger partial charge in [-0.15, -0.1) is 0 Å².